The molecule has 0 aliphatic rings. The summed E-state index contributed by atoms with van der Waals surface area (Å²) >= 11 is 0. The molecule has 0 spiro atoms. The molecule has 28 heavy (non-hydrogen) atoms. The van der Waals surface area contributed by atoms with Crippen LogP contribution in [0.1, 0.15) is 24.2 Å². The second kappa shape index (κ2) is 7.99. The molecule has 142 valence electrons. The number of rotatable bonds is 7. The number of carbonyl (C=O) groups excluding carboxylic acids is 1. The number of hydrogen-bond acceptors (Lipinski definition) is 4. The van der Waals surface area contributed by atoms with Crippen molar-refractivity contribution in [1.82, 2.24) is 24.7 Å². The van der Waals surface area contributed by atoms with Crippen molar-refractivity contribution in [3.63, 3.8) is 0 Å². The first-order valence-corrected chi connectivity index (χ1v) is 9.02. The number of anilines is 1. The van der Waals surface area contributed by atoms with Crippen LogP contribution < -0.4 is 5.32 Å². The Kier molecular flexibility index (Phi) is 5.09. The molecule has 0 saturated carbocycles. The molecule has 0 saturated heterocycles. The molecular weight excluding hydrogens is 359 g/mol. The highest BCUT2D eigenvalue weighted by Crippen LogP contribution is 2.19. The third-order valence-electron chi connectivity index (χ3n) is 4.39. The second-order valence-electron chi connectivity index (χ2n) is 6.49. The molecular formula is C20H19FN6O. The Morgan fingerprint density at radius 1 is 1.21 bits per heavy atom. The van der Waals surface area contributed by atoms with E-state index in [2.05, 4.69) is 25.4 Å². The Labute approximate surface area is 160 Å². The van der Waals surface area contributed by atoms with Gasteiger partial charge in [0.1, 0.15) is 24.3 Å². The number of nitrogens with one attached hydrogen (secondary N) is 2. The Bertz CT molecular complexity index is 1090. The topological polar surface area (TPSA) is 88.5 Å². The summed E-state index contributed by atoms with van der Waals surface area (Å²) in [5.41, 5.74) is 2.85. The first-order valence-electron chi connectivity index (χ1n) is 9.02. The number of benzene rings is 2. The minimum atomic E-state index is -0.248. The molecule has 0 fully saturated rings. The van der Waals surface area contributed by atoms with Gasteiger partial charge in [-0.15, -0.1) is 0 Å². The van der Waals surface area contributed by atoms with Crippen LogP contribution in [-0.4, -0.2) is 30.6 Å². The van der Waals surface area contributed by atoms with Crippen molar-refractivity contribution in [1.29, 1.82) is 0 Å². The number of H-pyrrole nitrogens is 1. The van der Waals surface area contributed by atoms with Crippen molar-refractivity contribution >= 4 is 22.6 Å². The van der Waals surface area contributed by atoms with Gasteiger partial charge in [-0.3, -0.25) is 9.48 Å². The van der Waals surface area contributed by atoms with Crippen molar-refractivity contribution in [2.45, 2.75) is 25.8 Å². The van der Waals surface area contributed by atoms with E-state index in [0.29, 0.717) is 42.9 Å². The maximum atomic E-state index is 13.8. The maximum absolute atomic E-state index is 13.8. The second-order valence-corrected chi connectivity index (χ2v) is 6.49. The lowest BCUT2D eigenvalue weighted by Gasteiger charge is -2.05. The zero-order valence-electron chi connectivity index (χ0n) is 15.1. The molecule has 0 radical (unpaired) electrons. The molecule has 0 bridgehead atoms. The third kappa shape index (κ3) is 4.22. The fraction of sp³-hybridized carbons (Fsp3) is 0.200. The van der Waals surface area contributed by atoms with Gasteiger partial charge >= 0.3 is 0 Å². The van der Waals surface area contributed by atoms with Gasteiger partial charge < -0.3 is 10.3 Å². The van der Waals surface area contributed by atoms with Crippen molar-refractivity contribution < 1.29 is 9.18 Å². The molecule has 4 aromatic rings. The van der Waals surface area contributed by atoms with Crippen LogP contribution >= 0.6 is 0 Å². The first kappa shape index (κ1) is 17.8. The number of aromatic amines is 1. The third-order valence-corrected chi connectivity index (χ3v) is 4.39. The zero-order valence-corrected chi connectivity index (χ0v) is 15.1. The van der Waals surface area contributed by atoms with Crippen LogP contribution in [0.3, 0.4) is 0 Å². The average molecular weight is 378 g/mol. The highest BCUT2D eigenvalue weighted by atomic mass is 19.1. The van der Waals surface area contributed by atoms with Crippen LogP contribution in [0.4, 0.5) is 10.1 Å². The molecule has 0 unspecified atom stereocenters. The maximum Gasteiger partial charge on any atom is 0.224 e. The molecule has 4 rings (SSSR count). The van der Waals surface area contributed by atoms with Gasteiger partial charge in [-0.1, -0.05) is 18.2 Å². The number of amides is 1. The average Bonchev–Trinajstić information content (AvgIpc) is 3.32. The number of hydrogen-bond donors (Lipinski definition) is 2. The summed E-state index contributed by atoms with van der Waals surface area (Å²) in [5.74, 6) is 0.365. The first-order chi connectivity index (χ1) is 13.7. The highest BCUT2D eigenvalue weighted by Gasteiger charge is 2.09. The molecule has 2 N–H and O–H groups in total. The molecule has 1 amide bonds. The number of nitrogens with zero attached hydrogens (tertiary/aromatic N) is 4. The SMILES string of the molecule is O=C(CCCn1cncn1)Nc1ccc2nc(Cc3ccccc3F)[nH]c2c1. The van der Waals surface area contributed by atoms with Crippen LogP contribution in [0, 0.1) is 5.82 Å². The Morgan fingerprint density at radius 2 is 2.11 bits per heavy atom. The van der Waals surface area contributed by atoms with E-state index in [9.17, 15) is 9.18 Å². The Morgan fingerprint density at radius 3 is 2.93 bits per heavy atom. The van der Waals surface area contributed by atoms with Crippen molar-refractivity contribution in [2.24, 2.45) is 0 Å². The van der Waals surface area contributed by atoms with Gasteiger partial charge in [0.05, 0.1) is 11.0 Å². The van der Waals surface area contributed by atoms with Gasteiger partial charge in [-0.05, 0) is 36.2 Å². The van der Waals surface area contributed by atoms with E-state index in [1.54, 1.807) is 29.2 Å². The Hall–Kier alpha value is -3.55. The van der Waals surface area contributed by atoms with Crippen LogP contribution in [-0.2, 0) is 17.8 Å². The predicted octanol–water partition coefficient (Wildman–Crippen LogP) is 3.30. The summed E-state index contributed by atoms with van der Waals surface area (Å²) in [6, 6.07) is 12.1. The van der Waals surface area contributed by atoms with E-state index in [4.69, 9.17) is 0 Å². The fourth-order valence-electron chi connectivity index (χ4n) is 3.02. The van der Waals surface area contributed by atoms with Crippen molar-refractivity contribution in [2.75, 3.05) is 5.32 Å². The molecule has 2 aromatic heterocycles. The summed E-state index contributed by atoms with van der Waals surface area (Å²) in [4.78, 5) is 23.7. The van der Waals surface area contributed by atoms with Crippen LogP contribution in [0.15, 0.2) is 55.1 Å². The summed E-state index contributed by atoms with van der Waals surface area (Å²) < 4.78 is 15.5. The van der Waals surface area contributed by atoms with E-state index in [1.807, 2.05) is 18.2 Å². The molecule has 0 aliphatic carbocycles. The van der Waals surface area contributed by atoms with Crippen LogP contribution in [0.2, 0.25) is 0 Å². The van der Waals surface area contributed by atoms with Gasteiger partial charge in [-0.25, -0.2) is 14.4 Å². The van der Waals surface area contributed by atoms with E-state index in [0.717, 1.165) is 11.0 Å². The van der Waals surface area contributed by atoms with E-state index in [-0.39, 0.29) is 11.7 Å². The molecule has 0 aliphatic heterocycles. The number of carbonyl (C=O) groups is 1. The highest BCUT2D eigenvalue weighted by molar-refractivity contribution is 5.93. The number of aromatic nitrogens is 5. The predicted molar refractivity (Wildman–Crippen MR) is 103 cm³/mol. The van der Waals surface area contributed by atoms with Gasteiger partial charge in [-0.2, -0.15) is 5.10 Å². The van der Waals surface area contributed by atoms with Crippen molar-refractivity contribution in [3.05, 3.63) is 72.3 Å². The van der Waals surface area contributed by atoms with E-state index in [1.165, 1.54) is 12.4 Å². The van der Waals surface area contributed by atoms with E-state index < -0.39 is 0 Å². The minimum absolute atomic E-state index is 0.0643. The number of fused-ring (bicyclic) bond motifs is 1. The molecule has 0 atom stereocenters. The standard InChI is InChI=1S/C20H19FN6O/c21-16-5-2-1-4-14(16)10-19-25-17-8-7-15(11-18(17)26-19)24-20(28)6-3-9-27-13-22-12-23-27/h1-2,4-5,7-8,11-13H,3,6,9-10H2,(H,24,28)(H,25,26). The molecule has 8 heteroatoms. The molecule has 2 aromatic carbocycles. The number of halogens is 1. The fourth-order valence-corrected chi connectivity index (χ4v) is 3.02. The lowest BCUT2D eigenvalue weighted by atomic mass is 10.1. The van der Waals surface area contributed by atoms with Crippen LogP contribution in [0.25, 0.3) is 11.0 Å². The van der Waals surface area contributed by atoms with Gasteiger partial charge in [0.15, 0.2) is 0 Å². The number of aryl methyl sites for hydroxylation is 1. The smallest absolute Gasteiger partial charge is 0.224 e. The summed E-state index contributed by atoms with van der Waals surface area (Å²) in [5, 5.41) is 6.90. The zero-order chi connectivity index (χ0) is 19.3. The quantitative estimate of drug-likeness (QED) is 0.516. The monoisotopic (exact) mass is 378 g/mol. The van der Waals surface area contributed by atoms with Gasteiger partial charge in [0.2, 0.25) is 5.91 Å². The van der Waals surface area contributed by atoms with Crippen molar-refractivity contribution in [3.8, 4) is 0 Å². The molecule has 2 heterocycles. The van der Waals surface area contributed by atoms with Gasteiger partial charge in [0, 0.05) is 25.1 Å². The lowest BCUT2D eigenvalue weighted by molar-refractivity contribution is -0.116. The Balaban J connectivity index is 1.38. The summed E-state index contributed by atoms with van der Waals surface area (Å²) in [6.07, 6.45) is 4.54. The summed E-state index contributed by atoms with van der Waals surface area (Å²) in [7, 11) is 0. The largest absolute Gasteiger partial charge is 0.342 e. The van der Waals surface area contributed by atoms with E-state index >= 15 is 0 Å². The summed E-state index contributed by atoms with van der Waals surface area (Å²) in [6.45, 7) is 0.645. The minimum Gasteiger partial charge on any atom is -0.342 e. The lowest BCUT2D eigenvalue weighted by Crippen LogP contribution is -2.12. The normalized spacial score (nSPS) is 11.0. The van der Waals surface area contributed by atoms with Gasteiger partial charge in [0.25, 0.3) is 0 Å². The molecule has 7 nitrogen and oxygen atoms in total. The van der Waals surface area contributed by atoms with Crippen LogP contribution in [0.5, 0.6) is 0 Å². The number of imidazole rings is 1.